The molecule has 1 aliphatic carbocycles. The molecule has 2 aromatic heterocycles. The van der Waals surface area contributed by atoms with E-state index in [1.165, 1.54) is 25.9 Å². The first-order chi connectivity index (χ1) is 14.9. The summed E-state index contributed by atoms with van der Waals surface area (Å²) in [5, 5.41) is 3.91. The van der Waals surface area contributed by atoms with Crippen molar-refractivity contribution in [3.8, 4) is 0 Å². The summed E-state index contributed by atoms with van der Waals surface area (Å²) in [4.78, 5) is 38.9. The zero-order chi connectivity index (χ0) is 21.8. The molecule has 0 unspecified atom stereocenters. The van der Waals surface area contributed by atoms with Crippen LogP contribution in [0, 0.1) is 6.92 Å². The number of benzene rings is 1. The minimum absolute atomic E-state index is 0.0377. The maximum Gasteiger partial charge on any atom is 0.360 e. The maximum absolute atomic E-state index is 13.3. The van der Waals surface area contributed by atoms with E-state index in [2.05, 4.69) is 15.3 Å². The van der Waals surface area contributed by atoms with E-state index in [-0.39, 0.29) is 22.7 Å². The number of anilines is 1. The number of rotatable bonds is 4. The first-order valence-corrected chi connectivity index (χ1v) is 10.6. The highest BCUT2D eigenvalue weighted by molar-refractivity contribution is 5.92. The number of ether oxygens (including phenoxy) is 1. The fourth-order valence-corrected chi connectivity index (χ4v) is 4.93. The van der Waals surface area contributed by atoms with Crippen LogP contribution in [0.2, 0.25) is 0 Å². The summed E-state index contributed by atoms with van der Waals surface area (Å²) in [7, 11) is 1.31. The third kappa shape index (κ3) is 3.00. The average Bonchev–Trinajstić information content (AvgIpc) is 3.14. The Morgan fingerprint density at radius 3 is 2.71 bits per heavy atom. The minimum atomic E-state index is -0.557. The molecule has 160 valence electrons. The van der Waals surface area contributed by atoms with Crippen LogP contribution in [-0.2, 0) is 16.7 Å². The van der Waals surface area contributed by atoms with Gasteiger partial charge < -0.3 is 10.1 Å². The van der Waals surface area contributed by atoms with Crippen molar-refractivity contribution in [2.24, 2.45) is 0 Å². The van der Waals surface area contributed by atoms with Crippen molar-refractivity contribution in [1.82, 2.24) is 19.5 Å². The van der Waals surface area contributed by atoms with Crippen molar-refractivity contribution in [2.45, 2.75) is 57.5 Å². The highest BCUT2D eigenvalue weighted by atomic mass is 16.5. The van der Waals surface area contributed by atoms with Crippen LogP contribution in [0.5, 0.6) is 0 Å². The summed E-state index contributed by atoms with van der Waals surface area (Å²) in [5.74, 6) is 0.714. The van der Waals surface area contributed by atoms with Crippen LogP contribution >= 0.6 is 0 Å². The highest BCUT2D eigenvalue weighted by Gasteiger charge is 2.46. The van der Waals surface area contributed by atoms with Crippen LogP contribution in [0.25, 0.3) is 10.9 Å². The van der Waals surface area contributed by atoms with E-state index in [9.17, 15) is 9.59 Å². The monoisotopic (exact) mass is 419 g/mol. The third-order valence-corrected chi connectivity index (χ3v) is 6.73. The van der Waals surface area contributed by atoms with Crippen LogP contribution in [0.4, 0.5) is 5.82 Å². The summed E-state index contributed by atoms with van der Waals surface area (Å²) in [6.07, 6.45) is 7.36. The number of methoxy groups -OCH3 is 1. The Balaban J connectivity index is 1.62. The molecule has 1 spiro atoms. The van der Waals surface area contributed by atoms with Gasteiger partial charge in [0.2, 0.25) is 0 Å². The van der Waals surface area contributed by atoms with Crippen LogP contribution in [0.15, 0.2) is 29.3 Å². The lowest BCUT2D eigenvalue weighted by Gasteiger charge is -2.37. The molecule has 8 nitrogen and oxygen atoms in total. The highest BCUT2D eigenvalue weighted by Crippen LogP contribution is 2.49. The number of aryl methyl sites for hydroxylation is 1. The fraction of sp³-hybridized carbons (Fsp3) is 0.435. The number of nitrogens with zero attached hydrogens (tertiary/aromatic N) is 4. The molecular formula is C23H25N5O3. The van der Waals surface area contributed by atoms with E-state index in [4.69, 9.17) is 9.72 Å². The van der Waals surface area contributed by atoms with Crippen LogP contribution < -0.4 is 10.9 Å². The Morgan fingerprint density at radius 2 is 2.00 bits per heavy atom. The number of esters is 1. The zero-order valence-corrected chi connectivity index (χ0v) is 17.9. The van der Waals surface area contributed by atoms with Crippen LogP contribution in [-0.4, -0.2) is 32.6 Å². The number of hydrogen-bond donors (Lipinski definition) is 1. The number of aromatic nitrogens is 4. The molecule has 1 fully saturated rings. The topological polar surface area (TPSA) is 99.0 Å². The zero-order valence-electron chi connectivity index (χ0n) is 17.9. The van der Waals surface area contributed by atoms with Gasteiger partial charge in [-0.05, 0) is 44.7 Å². The third-order valence-electron chi connectivity index (χ3n) is 6.73. The van der Waals surface area contributed by atoms with Crippen LogP contribution in [0.1, 0.15) is 66.1 Å². The molecule has 5 rings (SSSR count). The smallest absolute Gasteiger partial charge is 0.360 e. The average molecular weight is 419 g/mol. The lowest BCUT2D eigenvalue weighted by molar-refractivity contribution is 0.0594. The summed E-state index contributed by atoms with van der Waals surface area (Å²) < 4.78 is 6.70. The van der Waals surface area contributed by atoms with Crippen molar-refractivity contribution in [1.29, 1.82) is 0 Å². The van der Waals surface area contributed by atoms with Crippen molar-refractivity contribution in [3.05, 3.63) is 57.5 Å². The van der Waals surface area contributed by atoms with Gasteiger partial charge in [0.05, 0.1) is 24.1 Å². The summed E-state index contributed by atoms with van der Waals surface area (Å²) in [6, 6.07) is 3.71. The van der Waals surface area contributed by atoms with Crippen molar-refractivity contribution in [3.63, 3.8) is 0 Å². The van der Waals surface area contributed by atoms with Gasteiger partial charge in [-0.15, -0.1) is 0 Å². The van der Waals surface area contributed by atoms with E-state index in [1.54, 1.807) is 0 Å². The number of fused-ring (bicyclic) bond motifs is 3. The fourth-order valence-electron chi connectivity index (χ4n) is 4.93. The van der Waals surface area contributed by atoms with Gasteiger partial charge in [-0.3, -0.25) is 9.36 Å². The molecule has 0 radical (unpaired) electrons. The van der Waals surface area contributed by atoms with Gasteiger partial charge in [-0.25, -0.2) is 19.7 Å². The Labute approximate surface area is 179 Å². The number of nitrogens with one attached hydrogen (secondary N) is 1. The second-order valence-electron chi connectivity index (χ2n) is 8.64. The molecule has 1 aromatic carbocycles. The normalized spacial score (nSPS) is 17.3. The van der Waals surface area contributed by atoms with E-state index in [0.29, 0.717) is 11.2 Å². The molecule has 2 aliphatic rings. The minimum Gasteiger partial charge on any atom is -0.464 e. The largest absolute Gasteiger partial charge is 0.464 e. The second-order valence-corrected chi connectivity index (χ2v) is 8.64. The lowest BCUT2D eigenvalue weighted by Crippen LogP contribution is -2.34. The Kier molecular flexibility index (Phi) is 4.53. The molecular weight excluding hydrogens is 394 g/mol. The van der Waals surface area contributed by atoms with E-state index in [1.807, 2.05) is 30.5 Å². The lowest BCUT2D eigenvalue weighted by atomic mass is 9.67. The van der Waals surface area contributed by atoms with Gasteiger partial charge in [-0.1, -0.05) is 12.5 Å². The molecule has 1 atom stereocenters. The Bertz CT molecular complexity index is 1260. The summed E-state index contributed by atoms with van der Waals surface area (Å²) in [5.41, 5.74) is 2.83. The molecule has 1 aliphatic heterocycles. The van der Waals surface area contributed by atoms with Crippen molar-refractivity contribution >= 4 is 22.7 Å². The standard InChI is InChI=1S/C23H25N5O3/c1-13-11-15(14(2)26-19-18(21(30)31-3)24-8-9-25-19)17-16(12-13)20(29)28-10-7-23(5-4-6-23)22(28)27-17/h8-9,11-12,14H,4-7,10H2,1-3H3,(H,25,26)/t14-/m1/s1. The molecule has 3 heterocycles. The molecule has 31 heavy (non-hydrogen) atoms. The van der Waals surface area contributed by atoms with Gasteiger partial charge in [0.15, 0.2) is 11.5 Å². The van der Waals surface area contributed by atoms with Gasteiger partial charge in [0.1, 0.15) is 5.82 Å². The molecule has 0 bridgehead atoms. The SMILES string of the molecule is COC(=O)c1nccnc1N[C@H](C)c1cc(C)cc2c(=O)n3c(nc12)C1(CCC1)CC3. The van der Waals surface area contributed by atoms with Gasteiger partial charge in [-0.2, -0.15) is 0 Å². The van der Waals surface area contributed by atoms with Gasteiger partial charge in [0.25, 0.3) is 5.56 Å². The maximum atomic E-state index is 13.3. The second kappa shape index (κ2) is 7.14. The molecule has 0 saturated heterocycles. The van der Waals surface area contributed by atoms with E-state index < -0.39 is 5.97 Å². The number of hydrogen-bond acceptors (Lipinski definition) is 7. The van der Waals surface area contributed by atoms with Crippen molar-refractivity contribution in [2.75, 3.05) is 12.4 Å². The first kappa shape index (κ1) is 19.7. The predicted molar refractivity (Wildman–Crippen MR) is 116 cm³/mol. The molecule has 1 saturated carbocycles. The molecule has 3 aromatic rings. The summed E-state index contributed by atoms with van der Waals surface area (Å²) in [6.45, 7) is 4.69. The van der Waals surface area contributed by atoms with Crippen molar-refractivity contribution < 1.29 is 9.53 Å². The number of carbonyl (C=O) groups excluding carboxylic acids is 1. The molecule has 1 N–H and O–H groups in total. The van der Waals surface area contributed by atoms with E-state index >= 15 is 0 Å². The quantitative estimate of drug-likeness (QED) is 0.648. The Morgan fingerprint density at radius 1 is 1.23 bits per heavy atom. The Hall–Kier alpha value is -3.29. The predicted octanol–water partition coefficient (Wildman–Crippen LogP) is 3.28. The molecule has 0 amide bonds. The van der Waals surface area contributed by atoms with Gasteiger partial charge in [0, 0.05) is 29.9 Å². The van der Waals surface area contributed by atoms with E-state index in [0.717, 1.165) is 48.3 Å². The first-order valence-electron chi connectivity index (χ1n) is 10.6. The number of carbonyl (C=O) groups is 1. The summed E-state index contributed by atoms with van der Waals surface area (Å²) >= 11 is 0. The van der Waals surface area contributed by atoms with Crippen LogP contribution in [0.3, 0.4) is 0 Å². The van der Waals surface area contributed by atoms with Gasteiger partial charge >= 0.3 is 5.97 Å². The molecule has 8 heteroatoms.